The second kappa shape index (κ2) is 6.34. The van der Waals surface area contributed by atoms with Crippen molar-refractivity contribution in [3.63, 3.8) is 0 Å². The number of benzene rings is 1. The number of nitrogens with one attached hydrogen (secondary N) is 2. The average molecular weight is 286 g/mol. The van der Waals surface area contributed by atoms with Crippen molar-refractivity contribution in [2.24, 2.45) is 0 Å². The Morgan fingerprint density at radius 1 is 1.53 bits per heavy atom. The second-order valence-corrected chi connectivity index (χ2v) is 5.63. The van der Waals surface area contributed by atoms with Crippen molar-refractivity contribution in [2.75, 3.05) is 18.1 Å². The first-order chi connectivity index (χ1) is 9.08. The topological polar surface area (TPSA) is 41.1 Å². The van der Waals surface area contributed by atoms with Gasteiger partial charge in [-0.2, -0.15) is 11.8 Å². The molecule has 19 heavy (non-hydrogen) atoms. The van der Waals surface area contributed by atoms with Crippen LogP contribution < -0.4 is 10.6 Å². The van der Waals surface area contributed by atoms with E-state index in [0.717, 1.165) is 30.5 Å². The minimum atomic E-state index is -0.558. The Labute approximate surface area is 115 Å². The zero-order chi connectivity index (χ0) is 13.8. The van der Waals surface area contributed by atoms with Gasteiger partial charge in [0.25, 0.3) is 0 Å². The van der Waals surface area contributed by atoms with E-state index in [1.807, 2.05) is 0 Å². The smallest absolute Gasteiger partial charge is 0.238 e. The van der Waals surface area contributed by atoms with Gasteiger partial charge in [-0.15, -0.1) is 0 Å². The highest BCUT2D eigenvalue weighted by Crippen LogP contribution is 2.18. The molecule has 2 unspecified atom stereocenters. The first kappa shape index (κ1) is 14.3. The van der Waals surface area contributed by atoms with Crippen LogP contribution in [-0.4, -0.2) is 30.0 Å². The number of halogens is 2. The molecule has 3 nitrogen and oxygen atoms in total. The third-order valence-corrected chi connectivity index (χ3v) is 4.08. The molecule has 1 amide bonds. The molecule has 1 saturated heterocycles. The molecular weight excluding hydrogens is 270 g/mol. The molecule has 1 aliphatic rings. The first-order valence-electron chi connectivity index (χ1n) is 6.14. The summed E-state index contributed by atoms with van der Waals surface area (Å²) in [6.45, 7) is 2.43. The zero-order valence-corrected chi connectivity index (χ0v) is 11.4. The van der Waals surface area contributed by atoms with Crippen LogP contribution in [0.3, 0.4) is 0 Å². The van der Waals surface area contributed by atoms with Crippen LogP contribution in [-0.2, 0) is 4.79 Å². The molecular formula is C13H16F2N2OS. The zero-order valence-electron chi connectivity index (χ0n) is 10.6. The molecule has 1 fully saturated rings. The summed E-state index contributed by atoms with van der Waals surface area (Å²) >= 11 is 1.70. The number of carbonyl (C=O) groups is 1. The van der Waals surface area contributed by atoms with E-state index in [9.17, 15) is 13.6 Å². The molecule has 1 heterocycles. The van der Waals surface area contributed by atoms with Gasteiger partial charge in [-0.1, -0.05) is 0 Å². The lowest BCUT2D eigenvalue weighted by atomic mass is 10.1. The van der Waals surface area contributed by atoms with E-state index in [1.165, 1.54) is 0 Å². The van der Waals surface area contributed by atoms with Gasteiger partial charge in [0.05, 0.1) is 12.1 Å². The normalized spacial score (nSPS) is 20.9. The molecule has 104 valence electrons. The van der Waals surface area contributed by atoms with Crippen molar-refractivity contribution in [1.82, 2.24) is 10.6 Å². The molecule has 0 saturated carbocycles. The van der Waals surface area contributed by atoms with E-state index >= 15 is 0 Å². The van der Waals surface area contributed by atoms with E-state index in [1.54, 1.807) is 18.7 Å². The second-order valence-electron chi connectivity index (χ2n) is 4.48. The van der Waals surface area contributed by atoms with Gasteiger partial charge >= 0.3 is 0 Å². The lowest BCUT2D eigenvalue weighted by Gasteiger charge is -2.24. The Morgan fingerprint density at radius 3 is 3.00 bits per heavy atom. The van der Waals surface area contributed by atoms with Crippen LogP contribution in [0.25, 0.3) is 0 Å². The predicted molar refractivity (Wildman–Crippen MR) is 72.0 cm³/mol. The van der Waals surface area contributed by atoms with E-state index in [2.05, 4.69) is 10.6 Å². The number of amides is 1. The summed E-state index contributed by atoms with van der Waals surface area (Å²) in [4.78, 5) is 12.0. The molecule has 0 spiro atoms. The lowest BCUT2D eigenvalue weighted by Crippen LogP contribution is -2.49. The van der Waals surface area contributed by atoms with Crippen molar-refractivity contribution in [2.45, 2.75) is 19.0 Å². The maximum Gasteiger partial charge on any atom is 0.238 e. The maximum atomic E-state index is 13.6. The molecule has 1 aromatic carbocycles. The summed E-state index contributed by atoms with van der Waals surface area (Å²) in [5.74, 6) is 0.481. The minimum Gasteiger partial charge on any atom is -0.348 e. The van der Waals surface area contributed by atoms with Gasteiger partial charge in [0.2, 0.25) is 5.91 Å². The monoisotopic (exact) mass is 286 g/mol. The maximum absolute atomic E-state index is 13.6. The SMILES string of the molecule is CC(NC(=O)C1CSCCN1)c1cc(F)ccc1F. The molecule has 6 heteroatoms. The fraction of sp³-hybridized carbons (Fsp3) is 0.462. The van der Waals surface area contributed by atoms with Crippen LogP contribution in [0, 0.1) is 11.6 Å². The van der Waals surface area contributed by atoms with E-state index in [4.69, 9.17) is 0 Å². The molecule has 1 aliphatic heterocycles. The summed E-state index contributed by atoms with van der Waals surface area (Å²) in [5.41, 5.74) is 0.164. The molecule has 2 N–H and O–H groups in total. The summed E-state index contributed by atoms with van der Waals surface area (Å²) in [5, 5.41) is 5.81. The van der Waals surface area contributed by atoms with E-state index in [0.29, 0.717) is 5.75 Å². The molecule has 2 rings (SSSR count). The van der Waals surface area contributed by atoms with Gasteiger partial charge in [0.15, 0.2) is 0 Å². The third-order valence-electron chi connectivity index (χ3n) is 3.02. The van der Waals surface area contributed by atoms with Gasteiger partial charge in [-0.3, -0.25) is 4.79 Å². The van der Waals surface area contributed by atoms with Gasteiger partial charge in [0, 0.05) is 23.6 Å². The minimum absolute atomic E-state index is 0.164. The van der Waals surface area contributed by atoms with Crippen molar-refractivity contribution < 1.29 is 13.6 Å². The van der Waals surface area contributed by atoms with Gasteiger partial charge in [-0.25, -0.2) is 8.78 Å². The van der Waals surface area contributed by atoms with Crippen molar-refractivity contribution in [3.8, 4) is 0 Å². The van der Waals surface area contributed by atoms with Gasteiger partial charge in [0.1, 0.15) is 11.6 Å². The van der Waals surface area contributed by atoms with Crippen LogP contribution in [0.1, 0.15) is 18.5 Å². The summed E-state index contributed by atoms with van der Waals surface area (Å²) < 4.78 is 26.7. The summed E-state index contributed by atoms with van der Waals surface area (Å²) in [6.07, 6.45) is 0. The largest absolute Gasteiger partial charge is 0.348 e. The van der Waals surface area contributed by atoms with E-state index < -0.39 is 17.7 Å². The lowest BCUT2D eigenvalue weighted by molar-refractivity contribution is -0.123. The standard InChI is InChI=1S/C13H16F2N2OS/c1-8(10-6-9(14)2-3-11(10)15)17-13(18)12-7-19-5-4-16-12/h2-3,6,8,12,16H,4-5,7H2,1H3,(H,17,18). The highest BCUT2D eigenvalue weighted by atomic mass is 32.2. The number of rotatable bonds is 3. The van der Waals surface area contributed by atoms with E-state index in [-0.39, 0.29) is 17.5 Å². The first-order valence-corrected chi connectivity index (χ1v) is 7.30. The van der Waals surface area contributed by atoms with Crippen LogP contribution in [0.2, 0.25) is 0 Å². The number of thioether (sulfide) groups is 1. The molecule has 0 radical (unpaired) electrons. The molecule has 1 aromatic rings. The Morgan fingerprint density at radius 2 is 2.32 bits per heavy atom. The number of carbonyl (C=O) groups excluding carboxylic acids is 1. The fourth-order valence-corrected chi connectivity index (χ4v) is 2.91. The van der Waals surface area contributed by atoms with Crippen LogP contribution in [0.5, 0.6) is 0 Å². The predicted octanol–water partition coefficient (Wildman–Crippen LogP) is 1.85. The number of hydrogen-bond donors (Lipinski definition) is 2. The number of hydrogen-bond acceptors (Lipinski definition) is 3. The highest BCUT2D eigenvalue weighted by Gasteiger charge is 2.23. The van der Waals surface area contributed by atoms with Gasteiger partial charge < -0.3 is 10.6 Å². The Kier molecular flexibility index (Phi) is 4.76. The highest BCUT2D eigenvalue weighted by molar-refractivity contribution is 7.99. The van der Waals surface area contributed by atoms with Gasteiger partial charge in [-0.05, 0) is 25.1 Å². The fourth-order valence-electron chi connectivity index (χ4n) is 1.97. The van der Waals surface area contributed by atoms with Crippen molar-refractivity contribution in [3.05, 3.63) is 35.4 Å². The Bertz CT molecular complexity index is 464. The van der Waals surface area contributed by atoms with Crippen LogP contribution in [0.4, 0.5) is 8.78 Å². The molecule has 2 atom stereocenters. The van der Waals surface area contributed by atoms with Crippen molar-refractivity contribution >= 4 is 17.7 Å². The van der Waals surface area contributed by atoms with Crippen LogP contribution in [0.15, 0.2) is 18.2 Å². The molecule has 0 aromatic heterocycles. The Balaban J connectivity index is 2.01. The molecule has 0 aliphatic carbocycles. The molecule has 0 bridgehead atoms. The quantitative estimate of drug-likeness (QED) is 0.891. The third kappa shape index (κ3) is 3.67. The van der Waals surface area contributed by atoms with Crippen molar-refractivity contribution in [1.29, 1.82) is 0 Å². The summed E-state index contributed by atoms with van der Waals surface area (Å²) in [6, 6.07) is 2.42. The summed E-state index contributed by atoms with van der Waals surface area (Å²) in [7, 11) is 0. The average Bonchev–Trinajstić information content (AvgIpc) is 2.42. The van der Waals surface area contributed by atoms with Crippen LogP contribution >= 0.6 is 11.8 Å². The Hall–Kier alpha value is -1.14.